The Labute approximate surface area is 126 Å². The van der Waals surface area contributed by atoms with E-state index >= 15 is 0 Å². The Hall–Kier alpha value is -1.88. The molecule has 5 heteroatoms. The maximum absolute atomic E-state index is 14.3. The molecule has 22 heavy (non-hydrogen) atoms. The van der Waals surface area contributed by atoms with Crippen molar-refractivity contribution >= 4 is 0 Å². The Bertz CT molecular complexity index is 730. The van der Waals surface area contributed by atoms with E-state index in [4.69, 9.17) is 0 Å². The van der Waals surface area contributed by atoms with Crippen molar-refractivity contribution in [2.75, 3.05) is 6.54 Å². The van der Waals surface area contributed by atoms with Crippen molar-refractivity contribution in [2.24, 2.45) is 0 Å². The van der Waals surface area contributed by atoms with E-state index in [-0.39, 0.29) is 11.1 Å². The fraction of sp³-hybridized carbons (Fsp3) is 0.294. The summed E-state index contributed by atoms with van der Waals surface area (Å²) in [6, 6.07) is 3.82. The number of hydrogen-bond acceptors (Lipinski definition) is 1. The van der Waals surface area contributed by atoms with Crippen molar-refractivity contribution in [3.8, 4) is 11.1 Å². The molecule has 0 spiro atoms. The third-order valence-corrected chi connectivity index (χ3v) is 4.08. The van der Waals surface area contributed by atoms with Gasteiger partial charge in [-0.1, -0.05) is 19.9 Å². The number of rotatable bonds is 1. The average molecular weight is 309 g/mol. The van der Waals surface area contributed by atoms with Crippen molar-refractivity contribution in [1.82, 2.24) is 5.32 Å². The molecular weight excluding hydrogens is 294 g/mol. The zero-order chi connectivity index (χ0) is 16.1. The van der Waals surface area contributed by atoms with Crippen molar-refractivity contribution in [2.45, 2.75) is 25.8 Å². The first-order valence-corrected chi connectivity index (χ1v) is 6.99. The van der Waals surface area contributed by atoms with Crippen LogP contribution in [0.4, 0.5) is 17.6 Å². The highest BCUT2D eigenvalue weighted by molar-refractivity contribution is 5.71. The molecule has 0 aromatic heterocycles. The van der Waals surface area contributed by atoms with Crippen LogP contribution in [0.2, 0.25) is 0 Å². The molecule has 0 saturated heterocycles. The van der Waals surface area contributed by atoms with E-state index in [9.17, 15) is 17.6 Å². The molecule has 1 nitrogen and oxygen atoms in total. The zero-order valence-electron chi connectivity index (χ0n) is 12.2. The lowest BCUT2D eigenvalue weighted by molar-refractivity contribution is 0.411. The van der Waals surface area contributed by atoms with E-state index in [1.54, 1.807) is 0 Å². The Kier molecular flexibility index (Phi) is 3.48. The van der Waals surface area contributed by atoms with Gasteiger partial charge in [-0.2, -0.15) is 0 Å². The maximum Gasteiger partial charge on any atom is 0.136 e. The molecule has 0 bridgehead atoms. The fourth-order valence-electron chi connectivity index (χ4n) is 3.16. The lowest BCUT2D eigenvalue weighted by Crippen LogP contribution is -2.40. The lowest BCUT2D eigenvalue weighted by atomic mass is 9.76. The number of hydrogen-bond donors (Lipinski definition) is 1. The summed E-state index contributed by atoms with van der Waals surface area (Å²) in [5.74, 6) is -3.36. The number of nitrogens with one attached hydrogen (secondary N) is 1. The van der Waals surface area contributed by atoms with Crippen LogP contribution in [-0.4, -0.2) is 6.54 Å². The van der Waals surface area contributed by atoms with Crippen molar-refractivity contribution in [3.05, 3.63) is 58.7 Å². The van der Waals surface area contributed by atoms with E-state index in [1.165, 1.54) is 12.1 Å². The Morgan fingerprint density at radius 2 is 1.59 bits per heavy atom. The molecule has 1 N–H and O–H groups in total. The summed E-state index contributed by atoms with van der Waals surface area (Å²) in [4.78, 5) is 0. The van der Waals surface area contributed by atoms with E-state index < -0.39 is 28.7 Å². The van der Waals surface area contributed by atoms with E-state index in [0.29, 0.717) is 36.3 Å². The summed E-state index contributed by atoms with van der Waals surface area (Å²) in [6.45, 7) is 4.60. The smallest absolute Gasteiger partial charge is 0.136 e. The molecule has 0 fully saturated rings. The van der Waals surface area contributed by atoms with Gasteiger partial charge in [0.15, 0.2) is 0 Å². The summed E-state index contributed by atoms with van der Waals surface area (Å²) in [5.41, 5.74) is 0.400. The Morgan fingerprint density at radius 1 is 0.955 bits per heavy atom. The van der Waals surface area contributed by atoms with Gasteiger partial charge in [0.05, 0.1) is 5.56 Å². The molecule has 0 aliphatic carbocycles. The van der Waals surface area contributed by atoms with Gasteiger partial charge in [0.1, 0.15) is 23.3 Å². The number of fused-ring (bicyclic) bond motifs is 1. The standard InChI is InChI=1S/C17H15F4N/c1-17(2)8-22-7-11-10(3-4-12(19)16(11)17)15-13(20)5-9(18)6-14(15)21/h3-6,22H,7-8H2,1-2H3. The third kappa shape index (κ3) is 2.29. The van der Waals surface area contributed by atoms with Gasteiger partial charge in [-0.25, -0.2) is 17.6 Å². The van der Waals surface area contributed by atoms with Crippen molar-refractivity contribution in [1.29, 1.82) is 0 Å². The van der Waals surface area contributed by atoms with Crippen LogP contribution >= 0.6 is 0 Å². The summed E-state index contributed by atoms with van der Waals surface area (Å²) < 4.78 is 55.5. The van der Waals surface area contributed by atoms with Gasteiger partial charge in [0, 0.05) is 30.6 Å². The van der Waals surface area contributed by atoms with Gasteiger partial charge < -0.3 is 5.32 Å². The topological polar surface area (TPSA) is 12.0 Å². The van der Waals surface area contributed by atoms with Gasteiger partial charge >= 0.3 is 0 Å². The second-order valence-corrected chi connectivity index (χ2v) is 6.18. The molecule has 0 radical (unpaired) electrons. The van der Waals surface area contributed by atoms with E-state index in [2.05, 4.69) is 5.32 Å². The Balaban J connectivity index is 2.31. The molecule has 0 amide bonds. The predicted octanol–water partition coefficient (Wildman–Crippen LogP) is 4.29. The molecule has 0 saturated carbocycles. The van der Waals surface area contributed by atoms with Crippen LogP contribution in [0.15, 0.2) is 24.3 Å². The highest BCUT2D eigenvalue weighted by Gasteiger charge is 2.33. The van der Waals surface area contributed by atoms with Gasteiger partial charge in [0.2, 0.25) is 0 Å². The van der Waals surface area contributed by atoms with Crippen LogP contribution in [0.3, 0.4) is 0 Å². The molecule has 1 aliphatic rings. The largest absolute Gasteiger partial charge is 0.312 e. The van der Waals surface area contributed by atoms with Crippen LogP contribution in [0.25, 0.3) is 11.1 Å². The molecule has 1 aliphatic heterocycles. The van der Waals surface area contributed by atoms with Crippen LogP contribution in [-0.2, 0) is 12.0 Å². The molecule has 2 aromatic rings. The van der Waals surface area contributed by atoms with Gasteiger partial charge in [-0.15, -0.1) is 0 Å². The summed E-state index contributed by atoms with van der Waals surface area (Å²) >= 11 is 0. The summed E-state index contributed by atoms with van der Waals surface area (Å²) in [7, 11) is 0. The van der Waals surface area contributed by atoms with Crippen molar-refractivity contribution in [3.63, 3.8) is 0 Å². The van der Waals surface area contributed by atoms with Gasteiger partial charge in [-0.3, -0.25) is 0 Å². The third-order valence-electron chi connectivity index (χ3n) is 4.08. The van der Waals surface area contributed by atoms with Gasteiger partial charge in [0.25, 0.3) is 0 Å². The Morgan fingerprint density at radius 3 is 2.23 bits per heavy atom. The summed E-state index contributed by atoms with van der Waals surface area (Å²) in [5, 5.41) is 3.13. The first kappa shape index (κ1) is 15.0. The molecular formula is C17H15F4N. The van der Waals surface area contributed by atoms with Crippen molar-refractivity contribution < 1.29 is 17.6 Å². The molecule has 2 aromatic carbocycles. The average Bonchev–Trinajstić information content (AvgIpc) is 2.39. The molecule has 0 unspecified atom stereocenters. The first-order valence-electron chi connectivity index (χ1n) is 6.99. The van der Waals surface area contributed by atoms with E-state index in [1.807, 2.05) is 13.8 Å². The van der Waals surface area contributed by atoms with Gasteiger partial charge in [-0.05, 0) is 22.8 Å². The molecule has 116 valence electrons. The maximum atomic E-state index is 14.3. The van der Waals surface area contributed by atoms with Crippen LogP contribution < -0.4 is 5.32 Å². The number of benzene rings is 2. The van der Waals surface area contributed by atoms with Crippen LogP contribution in [0, 0.1) is 23.3 Å². The minimum atomic E-state index is -0.991. The monoisotopic (exact) mass is 309 g/mol. The van der Waals surface area contributed by atoms with Crippen LogP contribution in [0.1, 0.15) is 25.0 Å². The zero-order valence-corrected chi connectivity index (χ0v) is 12.2. The molecule has 3 rings (SSSR count). The summed E-state index contributed by atoms with van der Waals surface area (Å²) in [6.07, 6.45) is 0. The highest BCUT2D eigenvalue weighted by Crippen LogP contribution is 2.39. The minimum absolute atomic E-state index is 0.256. The second-order valence-electron chi connectivity index (χ2n) is 6.18. The predicted molar refractivity (Wildman–Crippen MR) is 76.4 cm³/mol. The fourth-order valence-corrected chi connectivity index (χ4v) is 3.16. The number of halogens is 4. The normalized spacial score (nSPS) is 16.5. The highest BCUT2D eigenvalue weighted by atomic mass is 19.1. The van der Waals surface area contributed by atoms with Crippen LogP contribution in [0.5, 0.6) is 0 Å². The minimum Gasteiger partial charge on any atom is -0.312 e. The first-order chi connectivity index (χ1) is 10.3. The lowest BCUT2D eigenvalue weighted by Gasteiger charge is -2.34. The molecule has 0 atom stereocenters. The van der Waals surface area contributed by atoms with E-state index in [0.717, 1.165) is 0 Å². The quantitative estimate of drug-likeness (QED) is 0.775. The second kappa shape index (κ2) is 5.09. The SMILES string of the molecule is CC1(C)CNCc2c(-c3c(F)cc(F)cc3F)ccc(F)c21. The molecule has 1 heterocycles.